The van der Waals surface area contributed by atoms with Gasteiger partial charge in [-0.2, -0.15) is 13.5 Å². The summed E-state index contributed by atoms with van der Waals surface area (Å²) in [5.74, 6) is 0.406. The van der Waals surface area contributed by atoms with Gasteiger partial charge in [0.15, 0.2) is 0 Å². The summed E-state index contributed by atoms with van der Waals surface area (Å²) in [6.45, 7) is -0.962. The molecule has 0 unspecified atom stereocenters. The molecule has 1 N–H and O–H groups in total. The zero-order valence-corrected chi connectivity index (χ0v) is 14.9. The number of alkyl halides is 2. The van der Waals surface area contributed by atoms with Crippen LogP contribution in [0.25, 0.3) is 5.70 Å². The second kappa shape index (κ2) is 6.96. The number of tetrazole rings is 1. The highest BCUT2D eigenvalue weighted by atomic mass is 35.5. The number of ether oxygens (including phenoxy) is 1. The zero-order valence-electron chi connectivity index (χ0n) is 14.1. The van der Waals surface area contributed by atoms with Gasteiger partial charge in [-0.25, -0.2) is 0 Å². The van der Waals surface area contributed by atoms with E-state index in [1.807, 2.05) is 37.3 Å². The van der Waals surface area contributed by atoms with E-state index in [4.69, 9.17) is 11.6 Å². The number of hydrogen-bond donors (Lipinski definition) is 1. The number of halogens is 3. The van der Waals surface area contributed by atoms with E-state index in [2.05, 4.69) is 25.6 Å². The monoisotopic (exact) mass is 389 g/mol. The minimum absolute atomic E-state index is 0.0160. The summed E-state index contributed by atoms with van der Waals surface area (Å²) < 4.78 is 31.9. The van der Waals surface area contributed by atoms with Crippen molar-refractivity contribution in [3.63, 3.8) is 0 Å². The average molecular weight is 390 g/mol. The van der Waals surface area contributed by atoms with Crippen molar-refractivity contribution in [3.8, 4) is 5.75 Å². The minimum Gasteiger partial charge on any atom is -0.434 e. The van der Waals surface area contributed by atoms with Crippen LogP contribution < -0.4 is 10.1 Å². The highest BCUT2D eigenvalue weighted by molar-refractivity contribution is 6.30. The lowest BCUT2D eigenvalue weighted by atomic mass is 10.0. The topological polar surface area (TPSA) is 64.9 Å². The molecule has 0 radical (unpaired) electrons. The molecule has 6 nitrogen and oxygen atoms in total. The maximum Gasteiger partial charge on any atom is 0.387 e. The second-order valence-corrected chi connectivity index (χ2v) is 6.46. The molecule has 1 aliphatic heterocycles. The van der Waals surface area contributed by atoms with Crippen LogP contribution in [0.5, 0.6) is 5.75 Å². The van der Waals surface area contributed by atoms with Crippen LogP contribution in [-0.4, -0.2) is 26.8 Å². The summed E-state index contributed by atoms with van der Waals surface area (Å²) in [5, 5.41) is 15.2. The van der Waals surface area contributed by atoms with Crippen molar-refractivity contribution in [1.29, 1.82) is 0 Å². The summed E-state index contributed by atoms with van der Waals surface area (Å²) in [6.07, 6.45) is 1.85. The van der Waals surface area contributed by atoms with E-state index >= 15 is 0 Å². The van der Waals surface area contributed by atoms with Crippen molar-refractivity contribution in [2.24, 2.45) is 0 Å². The predicted octanol–water partition coefficient (Wildman–Crippen LogP) is 4.29. The Hall–Kier alpha value is -3.00. The third kappa shape index (κ3) is 3.48. The van der Waals surface area contributed by atoms with Gasteiger partial charge in [0.25, 0.3) is 0 Å². The third-order valence-electron chi connectivity index (χ3n) is 4.20. The van der Waals surface area contributed by atoms with Gasteiger partial charge in [-0.15, -0.1) is 0 Å². The van der Waals surface area contributed by atoms with Crippen LogP contribution in [-0.2, 0) is 0 Å². The summed E-state index contributed by atoms with van der Waals surface area (Å²) in [5.41, 5.74) is 3.23. The Balaban J connectivity index is 1.83. The molecular formula is C18H14ClF2N5O. The van der Waals surface area contributed by atoms with Gasteiger partial charge in [0, 0.05) is 16.3 Å². The third-order valence-corrected chi connectivity index (χ3v) is 4.43. The van der Waals surface area contributed by atoms with E-state index in [1.54, 1.807) is 6.07 Å². The number of hydrogen-bond acceptors (Lipinski definition) is 5. The van der Waals surface area contributed by atoms with Crippen molar-refractivity contribution < 1.29 is 13.5 Å². The van der Waals surface area contributed by atoms with Crippen LogP contribution in [0.2, 0.25) is 5.02 Å². The standard InChI is InChI=1S/C18H14ClF2N5O/c1-10-2-4-11(5-3-10)14-9-15(26-18(22-14)23-24-25-26)13-8-12(19)6-7-16(13)27-17(20)21/h2-9,15,17H,1H3,(H,22,23,25)/t15-/m0/s1. The first-order valence-electron chi connectivity index (χ1n) is 8.09. The van der Waals surface area contributed by atoms with Crippen LogP contribution in [0.3, 0.4) is 0 Å². The SMILES string of the molecule is Cc1ccc(C2=C[C@@H](c3cc(Cl)ccc3OC(F)F)n3nnnc3N2)cc1. The molecule has 0 fully saturated rings. The molecule has 1 aromatic heterocycles. The van der Waals surface area contributed by atoms with Gasteiger partial charge in [-0.05, 0) is 47.2 Å². The van der Waals surface area contributed by atoms with Crippen LogP contribution >= 0.6 is 11.6 Å². The molecule has 0 amide bonds. The minimum atomic E-state index is -2.96. The first-order chi connectivity index (χ1) is 13.0. The van der Waals surface area contributed by atoms with Gasteiger partial charge in [-0.3, -0.25) is 0 Å². The number of fused-ring (bicyclic) bond motifs is 1. The van der Waals surface area contributed by atoms with Gasteiger partial charge in [0.1, 0.15) is 11.8 Å². The quantitative estimate of drug-likeness (QED) is 0.721. The Kier molecular flexibility index (Phi) is 4.49. The van der Waals surface area contributed by atoms with Gasteiger partial charge in [-0.1, -0.05) is 46.5 Å². The van der Waals surface area contributed by atoms with E-state index < -0.39 is 12.7 Å². The molecular weight excluding hydrogens is 376 g/mol. The van der Waals surface area contributed by atoms with E-state index in [1.165, 1.54) is 16.8 Å². The Labute approximate surface area is 158 Å². The van der Waals surface area contributed by atoms with Gasteiger partial charge < -0.3 is 10.1 Å². The number of anilines is 1. The second-order valence-electron chi connectivity index (χ2n) is 6.02. The lowest BCUT2D eigenvalue weighted by Gasteiger charge is -2.25. The number of benzene rings is 2. The van der Waals surface area contributed by atoms with Crippen molar-refractivity contribution in [2.75, 3.05) is 5.32 Å². The van der Waals surface area contributed by atoms with Gasteiger partial charge in [0.05, 0.1) is 0 Å². The molecule has 4 rings (SSSR count). The lowest BCUT2D eigenvalue weighted by molar-refractivity contribution is -0.0506. The number of rotatable bonds is 4. The highest BCUT2D eigenvalue weighted by Crippen LogP contribution is 2.37. The largest absolute Gasteiger partial charge is 0.434 e. The van der Waals surface area contributed by atoms with Gasteiger partial charge in [0.2, 0.25) is 5.95 Å². The van der Waals surface area contributed by atoms with Crippen molar-refractivity contribution in [3.05, 3.63) is 70.3 Å². The Morgan fingerprint density at radius 3 is 2.70 bits per heavy atom. The molecule has 27 heavy (non-hydrogen) atoms. The molecule has 2 aromatic carbocycles. The molecule has 138 valence electrons. The number of allylic oxidation sites excluding steroid dienone is 1. The average Bonchev–Trinajstić information content (AvgIpc) is 3.11. The van der Waals surface area contributed by atoms with Crippen molar-refractivity contribution in [2.45, 2.75) is 19.6 Å². The number of nitrogens with one attached hydrogen (secondary N) is 1. The predicted molar refractivity (Wildman–Crippen MR) is 96.8 cm³/mol. The summed E-state index contributed by atoms with van der Waals surface area (Å²) in [7, 11) is 0. The molecule has 0 saturated carbocycles. The fourth-order valence-electron chi connectivity index (χ4n) is 2.93. The lowest BCUT2D eigenvalue weighted by Crippen LogP contribution is -2.21. The maximum atomic E-state index is 12.9. The summed E-state index contributed by atoms with van der Waals surface area (Å²) in [4.78, 5) is 0. The number of aryl methyl sites for hydroxylation is 1. The molecule has 1 aliphatic rings. The van der Waals surface area contributed by atoms with E-state index in [-0.39, 0.29) is 5.75 Å². The molecule has 0 aliphatic carbocycles. The number of nitrogens with zero attached hydrogens (tertiary/aromatic N) is 4. The van der Waals surface area contributed by atoms with E-state index in [9.17, 15) is 8.78 Å². The molecule has 1 atom stereocenters. The van der Waals surface area contributed by atoms with Crippen LogP contribution in [0.1, 0.15) is 22.7 Å². The first kappa shape index (κ1) is 17.4. The normalized spacial score (nSPS) is 15.9. The van der Waals surface area contributed by atoms with Gasteiger partial charge >= 0.3 is 6.61 Å². The molecule has 0 spiro atoms. The van der Waals surface area contributed by atoms with Crippen LogP contribution in [0, 0.1) is 6.92 Å². The van der Waals surface area contributed by atoms with Crippen LogP contribution in [0.15, 0.2) is 48.5 Å². The summed E-state index contributed by atoms with van der Waals surface area (Å²) >= 11 is 6.10. The fraction of sp³-hybridized carbons (Fsp3) is 0.167. The molecule has 3 aromatic rings. The number of aromatic nitrogens is 4. The van der Waals surface area contributed by atoms with Crippen molar-refractivity contribution >= 4 is 23.2 Å². The smallest absolute Gasteiger partial charge is 0.387 e. The maximum absolute atomic E-state index is 12.9. The van der Waals surface area contributed by atoms with Crippen molar-refractivity contribution in [1.82, 2.24) is 20.2 Å². The Morgan fingerprint density at radius 2 is 1.96 bits per heavy atom. The molecule has 0 bridgehead atoms. The van der Waals surface area contributed by atoms with E-state index in [0.29, 0.717) is 16.5 Å². The molecule has 0 saturated heterocycles. The molecule has 9 heteroatoms. The van der Waals surface area contributed by atoms with E-state index in [0.717, 1.165) is 16.8 Å². The summed E-state index contributed by atoms with van der Waals surface area (Å²) in [6, 6.07) is 11.8. The zero-order chi connectivity index (χ0) is 19.0. The Bertz CT molecular complexity index is 1000. The van der Waals surface area contributed by atoms with Crippen LogP contribution in [0.4, 0.5) is 14.7 Å². The molecule has 2 heterocycles. The Morgan fingerprint density at radius 1 is 1.19 bits per heavy atom. The first-order valence-corrected chi connectivity index (χ1v) is 8.47. The highest BCUT2D eigenvalue weighted by Gasteiger charge is 2.27. The fourth-order valence-corrected chi connectivity index (χ4v) is 3.11.